The Labute approximate surface area is 87.3 Å². The first-order valence-corrected chi connectivity index (χ1v) is 5.30. The van der Waals surface area contributed by atoms with Crippen molar-refractivity contribution in [3.63, 3.8) is 0 Å². The van der Waals surface area contributed by atoms with Crippen molar-refractivity contribution in [1.29, 1.82) is 0 Å². The first kappa shape index (κ1) is 7.94. The molecule has 2 heteroatoms. The topological polar surface area (TPSA) is 12.0 Å². The van der Waals surface area contributed by atoms with Crippen LogP contribution in [-0.4, -0.2) is 0 Å². The van der Waals surface area contributed by atoms with Gasteiger partial charge < -0.3 is 4.72 Å². The SMILES string of the molecule is [c]1cccc2c1-c1ccccc1SN2. The van der Waals surface area contributed by atoms with Crippen LogP contribution in [0.4, 0.5) is 5.69 Å². The minimum Gasteiger partial charge on any atom is -0.325 e. The number of hydrogen-bond donors (Lipinski definition) is 1. The van der Waals surface area contributed by atoms with Gasteiger partial charge in [-0.25, -0.2) is 0 Å². The normalized spacial score (nSPS) is 12.6. The molecule has 1 N–H and O–H groups in total. The van der Waals surface area contributed by atoms with Crippen LogP contribution in [0.1, 0.15) is 0 Å². The predicted molar refractivity (Wildman–Crippen MR) is 60.2 cm³/mol. The van der Waals surface area contributed by atoms with E-state index in [-0.39, 0.29) is 0 Å². The lowest BCUT2D eigenvalue weighted by atomic mass is 10.0. The van der Waals surface area contributed by atoms with Gasteiger partial charge in [0.05, 0.1) is 5.69 Å². The summed E-state index contributed by atoms with van der Waals surface area (Å²) in [6.45, 7) is 0. The largest absolute Gasteiger partial charge is 0.325 e. The van der Waals surface area contributed by atoms with Crippen molar-refractivity contribution in [2.45, 2.75) is 4.90 Å². The summed E-state index contributed by atoms with van der Waals surface area (Å²) in [5, 5.41) is 0. The molecule has 0 spiro atoms. The molecule has 0 saturated carbocycles. The van der Waals surface area contributed by atoms with Crippen LogP contribution < -0.4 is 4.72 Å². The van der Waals surface area contributed by atoms with E-state index in [0.717, 1.165) is 5.69 Å². The van der Waals surface area contributed by atoms with Crippen molar-refractivity contribution < 1.29 is 0 Å². The van der Waals surface area contributed by atoms with E-state index < -0.39 is 0 Å². The van der Waals surface area contributed by atoms with Crippen LogP contribution in [0, 0.1) is 6.07 Å². The van der Waals surface area contributed by atoms with Crippen LogP contribution in [-0.2, 0) is 0 Å². The highest BCUT2D eigenvalue weighted by molar-refractivity contribution is 8.00. The molecule has 0 fully saturated rings. The molecule has 1 nitrogen and oxygen atoms in total. The fourth-order valence-electron chi connectivity index (χ4n) is 1.62. The van der Waals surface area contributed by atoms with Gasteiger partial charge in [-0.15, -0.1) is 0 Å². The third kappa shape index (κ3) is 1.11. The molecule has 2 aromatic carbocycles. The summed E-state index contributed by atoms with van der Waals surface area (Å²) in [7, 11) is 0. The van der Waals surface area contributed by atoms with Crippen LogP contribution in [0.25, 0.3) is 11.1 Å². The quantitative estimate of drug-likeness (QED) is 0.649. The smallest absolute Gasteiger partial charge is 0.0528 e. The molecule has 1 radical (unpaired) electrons. The van der Waals surface area contributed by atoms with Crippen molar-refractivity contribution in [3.05, 3.63) is 48.5 Å². The average molecular weight is 198 g/mol. The van der Waals surface area contributed by atoms with Gasteiger partial charge in [-0.1, -0.05) is 30.3 Å². The van der Waals surface area contributed by atoms with Crippen molar-refractivity contribution >= 4 is 17.6 Å². The Morgan fingerprint density at radius 2 is 2.00 bits per heavy atom. The van der Waals surface area contributed by atoms with Gasteiger partial charge in [-0.2, -0.15) is 0 Å². The molecule has 0 atom stereocenters. The predicted octanol–water partition coefficient (Wildman–Crippen LogP) is 3.59. The molecule has 0 aromatic heterocycles. The first-order valence-electron chi connectivity index (χ1n) is 4.48. The van der Waals surface area contributed by atoms with Gasteiger partial charge >= 0.3 is 0 Å². The summed E-state index contributed by atoms with van der Waals surface area (Å²) in [5.41, 5.74) is 3.59. The van der Waals surface area contributed by atoms with E-state index in [4.69, 9.17) is 0 Å². The van der Waals surface area contributed by atoms with E-state index in [0.29, 0.717) is 0 Å². The maximum Gasteiger partial charge on any atom is 0.0528 e. The van der Waals surface area contributed by atoms with Gasteiger partial charge in [-0.3, -0.25) is 0 Å². The lowest BCUT2D eigenvalue weighted by Crippen LogP contribution is -1.97. The highest BCUT2D eigenvalue weighted by Gasteiger charge is 2.14. The van der Waals surface area contributed by atoms with Crippen LogP contribution in [0.3, 0.4) is 0 Å². The second-order valence-corrected chi connectivity index (χ2v) is 4.01. The Morgan fingerprint density at radius 1 is 1.07 bits per heavy atom. The number of hydrogen-bond acceptors (Lipinski definition) is 2. The molecule has 0 bridgehead atoms. The summed E-state index contributed by atoms with van der Waals surface area (Å²) in [6.07, 6.45) is 0. The summed E-state index contributed by atoms with van der Waals surface area (Å²) in [6, 6.07) is 17.7. The van der Waals surface area contributed by atoms with E-state index in [1.54, 1.807) is 11.9 Å². The molecule has 0 saturated heterocycles. The molecule has 14 heavy (non-hydrogen) atoms. The molecular weight excluding hydrogens is 190 g/mol. The number of anilines is 1. The van der Waals surface area contributed by atoms with Gasteiger partial charge in [0.2, 0.25) is 0 Å². The Balaban J connectivity index is 2.29. The van der Waals surface area contributed by atoms with Gasteiger partial charge in [-0.05, 0) is 35.7 Å². The van der Waals surface area contributed by atoms with Crippen LogP contribution in [0.5, 0.6) is 0 Å². The van der Waals surface area contributed by atoms with E-state index in [2.05, 4.69) is 41.1 Å². The maximum absolute atomic E-state index is 3.30. The Kier molecular flexibility index (Phi) is 1.74. The molecule has 2 aromatic rings. The molecule has 67 valence electrons. The highest BCUT2D eigenvalue weighted by atomic mass is 32.2. The Hall–Kier alpha value is -1.41. The van der Waals surface area contributed by atoms with Crippen LogP contribution >= 0.6 is 11.9 Å². The second kappa shape index (κ2) is 3.07. The Morgan fingerprint density at radius 3 is 3.00 bits per heavy atom. The molecule has 1 aliphatic rings. The lowest BCUT2D eigenvalue weighted by Gasteiger charge is -2.19. The van der Waals surface area contributed by atoms with Gasteiger partial charge in [0, 0.05) is 10.5 Å². The molecule has 1 heterocycles. The number of rotatable bonds is 0. The highest BCUT2D eigenvalue weighted by Crippen LogP contribution is 2.40. The number of fused-ring (bicyclic) bond motifs is 3. The molecule has 0 amide bonds. The summed E-state index contributed by atoms with van der Waals surface area (Å²) in [4.78, 5) is 1.27. The van der Waals surface area contributed by atoms with Crippen molar-refractivity contribution in [2.75, 3.05) is 4.72 Å². The average Bonchev–Trinajstić information content (AvgIpc) is 2.29. The van der Waals surface area contributed by atoms with Gasteiger partial charge in [0.1, 0.15) is 0 Å². The van der Waals surface area contributed by atoms with Gasteiger partial charge in [0.15, 0.2) is 0 Å². The van der Waals surface area contributed by atoms with Crippen LogP contribution in [0.2, 0.25) is 0 Å². The summed E-state index contributed by atoms with van der Waals surface area (Å²) < 4.78 is 3.30. The van der Waals surface area contributed by atoms with Crippen LogP contribution in [0.15, 0.2) is 47.4 Å². The van der Waals surface area contributed by atoms with Gasteiger partial charge in [0.25, 0.3) is 0 Å². The van der Waals surface area contributed by atoms with Crippen molar-refractivity contribution in [2.24, 2.45) is 0 Å². The maximum atomic E-state index is 3.30. The van der Waals surface area contributed by atoms with E-state index in [9.17, 15) is 0 Å². The zero-order valence-corrected chi connectivity index (χ0v) is 8.27. The lowest BCUT2D eigenvalue weighted by molar-refractivity contribution is 1.42. The Bertz CT molecular complexity index is 434. The number of nitrogens with one attached hydrogen (secondary N) is 1. The van der Waals surface area contributed by atoms with E-state index in [1.165, 1.54) is 16.0 Å². The monoisotopic (exact) mass is 198 g/mol. The van der Waals surface area contributed by atoms with E-state index >= 15 is 0 Å². The molecule has 1 aliphatic heterocycles. The molecule has 3 rings (SSSR count). The zero-order chi connectivity index (χ0) is 9.38. The van der Waals surface area contributed by atoms with E-state index in [1.807, 2.05) is 12.1 Å². The van der Waals surface area contributed by atoms with Crippen molar-refractivity contribution in [1.82, 2.24) is 0 Å². The molecule has 0 unspecified atom stereocenters. The van der Waals surface area contributed by atoms with Crippen molar-refractivity contribution in [3.8, 4) is 11.1 Å². The standard InChI is InChI=1S/C12H8NS/c1-3-7-11-9(5-1)10-6-2-4-8-12(10)14-13-11/h1-4,6-8,13H. The molecular formula is C12H8NS. The summed E-state index contributed by atoms with van der Waals surface area (Å²) in [5.74, 6) is 0. The number of benzene rings is 2. The zero-order valence-electron chi connectivity index (χ0n) is 7.45. The minimum absolute atomic E-state index is 1.15. The third-order valence-corrected chi connectivity index (χ3v) is 3.18. The summed E-state index contributed by atoms with van der Waals surface area (Å²) >= 11 is 1.66. The third-order valence-electron chi connectivity index (χ3n) is 2.28. The first-order chi connectivity index (χ1) is 6.95. The second-order valence-electron chi connectivity index (χ2n) is 3.16. The minimum atomic E-state index is 1.15. The fraction of sp³-hybridized carbons (Fsp3) is 0. The fourth-order valence-corrected chi connectivity index (χ4v) is 2.43. The molecule has 0 aliphatic carbocycles.